The monoisotopic (exact) mass is 1020 g/mol. The second-order valence-corrected chi connectivity index (χ2v) is 22.0. The first kappa shape index (κ1) is 47.1. The second kappa shape index (κ2) is 18.8. The minimum atomic E-state index is -0.0490. The lowest BCUT2D eigenvalue weighted by Crippen LogP contribution is -2.61. The topological polar surface area (TPSA) is 50.1 Å². The average molecular weight is 1030 g/mol. The minimum absolute atomic E-state index is 0.0175. The van der Waals surface area contributed by atoms with Crippen LogP contribution in [0.2, 0.25) is 0 Å². The highest BCUT2D eigenvalue weighted by Crippen LogP contribution is 2.48. The molecule has 4 heterocycles. The van der Waals surface area contributed by atoms with E-state index in [2.05, 4.69) is 266 Å². The molecule has 378 valence electrons. The number of anilines is 6. The van der Waals surface area contributed by atoms with Gasteiger partial charge in [0.15, 0.2) is 17.5 Å². The molecule has 11 aromatic carbocycles. The molecule has 0 amide bonds. The fraction of sp³-hybridized carbons (Fsp3) is 0.0548. The molecular formula is C73H53BN6. The third-order valence-corrected chi connectivity index (χ3v) is 16.2. The SMILES string of the molecule is CC(C)(C)c1ccc2c(c1)c1ccccc1n2-c1c(-c2cccc(-c3cc4c5c(c3)N(c3ccccc3)c3ccccc3B5c3ccccc3N4c3ccccc3)c2)cccc1-c1nc(-c2ccccc2)nc(-c2ccccc2)n1. The Bertz CT molecular complexity index is 4360. The molecule has 0 N–H and O–H groups in total. The van der Waals surface area contributed by atoms with Crippen molar-refractivity contribution in [2.45, 2.75) is 26.2 Å². The van der Waals surface area contributed by atoms with Crippen molar-refractivity contribution in [1.29, 1.82) is 0 Å². The van der Waals surface area contributed by atoms with Gasteiger partial charge in [0, 0.05) is 67.2 Å². The third kappa shape index (κ3) is 7.76. The highest BCUT2D eigenvalue weighted by atomic mass is 15.2. The number of para-hydroxylation sites is 6. The molecule has 0 saturated carbocycles. The first-order chi connectivity index (χ1) is 39.3. The fourth-order valence-corrected chi connectivity index (χ4v) is 12.4. The van der Waals surface area contributed by atoms with Crippen molar-refractivity contribution < 1.29 is 0 Å². The van der Waals surface area contributed by atoms with Crippen LogP contribution in [0.25, 0.3) is 83.9 Å². The largest absolute Gasteiger partial charge is 0.311 e. The molecule has 6 nitrogen and oxygen atoms in total. The lowest BCUT2D eigenvalue weighted by molar-refractivity contribution is 0.591. The molecule has 7 heteroatoms. The van der Waals surface area contributed by atoms with E-state index in [0.717, 1.165) is 78.4 Å². The maximum absolute atomic E-state index is 5.40. The summed E-state index contributed by atoms with van der Waals surface area (Å²) in [5.74, 6) is 1.82. The number of rotatable bonds is 8. The van der Waals surface area contributed by atoms with E-state index in [4.69, 9.17) is 15.0 Å². The van der Waals surface area contributed by atoms with Gasteiger partial charge in [-0.1, -0.05) is 209 Å². The van der Waals surface area contributed by atoms with Crippen LogP contribution in [-0.4, -0.2) is 26.2 Å². The van der Waals surface area contributed by atoms with Gasteiger partial charge in [-0.2, -0.15) is 0 Å². The Morgan fingerprint density at radius 1 is 0.338 bits per heavy atom. The Labute approximate surface area is 466 Å². The molecule has 15 rings (SSSR count). The molecule has 2 aliphatic heterocycles. The molecule has 0 radical (unpaired) electrons. The highest BCUT2D eigenvalue weighted by molar-refractivity contribution is 7.00. The van der Waals surface area contributed by atoms with Crippen LogP contribution in [0.1, 0.15) is 26.3 Å². The summed E-state index contributed by atoms with van der Waals surface area (Å²) in [7, 11) is 0. The highest BCUT2D eigenvalue weighted by Gasteiger charge is 2.43. The van der Waals surface area contributed by atoms with Crippen LogP contribution in [0, 0.1) is 0 Å². The van der Waals surface area contributed by atoms with Crippen LogP contribution < -0.4 is 26.2 Å². The predicted molar refractivity (Wildman–Crippen MR) is 334 cm³/mol. The summed E-state index contributed by atoms with van der Waals surface area (Å²) in [6.07, 6.45) is 0. The van der Waals surface area contributed by atoms with Gasteiger partial charge >= 0.3 is 0 Å². The maximum Gasteiger partial charge on any atom is 0.252 e. The lowest BCUT2D eigenvalue weighted by atomic mass is 9.33. The normalized spacial score (nSPS) is 12.6. The van der Waals surface area contributed by atoms with E-state index in [0.29, 0.717) is 17.5 Å². The molecular weight excluding hydrogens is 972 g/mol. The van der Waals surface area contributed by atoms with E-state index in [9.17, 15) is 0 Å². The van der Waals surface area contributed by atoms with Crippen LogP contribution >= 0.6 is 0 Å². The van der Waals surface area contributed by atoms with E-state index < -0.39 is 0 Å². The van der Waals surface area contributed by atoms with Crippen molar-refractivity contribution in [3.05, 3.63) is 272 Å². The van der Waals surface area contributed by atoms with Crippen LogP contribution in [0.15, 0.2) is 267 Å². The summed E-state index contributed by atoms with van der Waals surface area (Å²) < 4.78 is 2.45. The zero-order valence-corrected chi connectivity index (χ0v) is 44.7. The molecule has 2 aromatic heterocycles. The molecule has 2 aliphatic rings. The molecule has 80 heavy (non-hydrogen) atoms. The molecule has 13 aromatic rings. The Morgan fingerprint density at radius 2 is 0.812 bits per heavy atom. The first-order valence-electron chi connectivity index (χ1n) is 27.6. The van der Waals surface area contributed by atoms with E-state index >= 15 is 0 Å². The van der Waals surface area contributed by atoms with Crippen LogP contribution in [0.3, 0.4) is 0 Å². The van der Waals surface area contributed by atoms with Crippen molar-refractivity contribution in [3.8, 4) is 62.1 Å². The quantitative estimate of drug-likeness (QED) is 0.142. The molecule has 0 fully saturated rings. The third-order valence-electron chi connectivity index (χ3n) is 16.2. The van der Waals surface area contributed by atoms with Crippen LogP contribution in [0.5, 0.6) is 0 Å². The first-order valence-corrected chi connectivity index (χ1v) is 27.6. The zero-order chi connectivity index (χ0) is 53.5. The van der Waals surface area contributed by atoms with E-state index in [1.54, 1.807) is 0 Å². The summed E-state index contributed by atoms with van der Waals surface area (Å²) in [5.41, 5.74) is 22.3. The number of fused-ring (bicyclic) bond motifs is 7. The Morgan fingerprint density at radius 3 is 1.41 bits per heavy atom. The minimum Gasteiger partial charge on any atom is -0.311 e. The number of hydrogen-bond donors (Lipinski definition) is 0. The Balaban J connectivity index is 0.999. The molecule has 0 spiro atoms. The van der Waals surface area contributed by atoms with Crippen molar-refractivity contribution in [2.24, 2.45) is 0 Å². The summed E-state index contributed by atoms with van der Waals surface area (Å²) in [4.78, 5) is 20.9. The van der Waals surface area contributed by atoms with Gasteiger partial charge in [-0.05, 0) is 123 Å². The van der Waals surface area contributed by atoms with Gasteiger partial charge in [0.25, 0.3) is 6.71 Å². The Hall–Kier alpha value is -10.1. The van der Waals surface area contributed by atoms with Crippen molar-refractivity contribution in [2.75, 3.05) is 9.80 Å². The number of aromatic nitrogens is 4. The van der Waals surface area contributed by atoms with Crippen LogP contribution in [0.4, 0.5) is 34.1 Å². The summed E-state index contributed by atoms with van der Waals surface area (Å²) in [6, 6.07) is 96.5. The summed E-state index contributed by atoms with van der Waals surface area (Å²) in [5, 5.41) is 2.38. The molecule has 0 unspecified atom stereocenters. The van der Waals surface area contributed by atoms with Crippen molar-refractivity contribution in [1.82, 2.24) is 19.5 Å². The van der Waals surface area contributed by atoms with Gasteiger partial charge in [0.1, 0.15) is 0 Å². The second-order valence-electron chi connectivity index (χ2n) is 22.0. The number of benzene rings is 11. The zero-order valence-electron chi connectivity index (χ0n) is 44.7. The lowest BCUT2D eigenvalue weighted by Gasteiger charge is -2.44. The van der Waals surface area contributed by atoms with Gasteiger partial charge in [0.05, 0.1) is 16.7 Å². The van der Waals surface area contributed by atoms with Crippen molar-refractivity contribution >= 4 is 79.0 Å². The van der Waals surface area contributed by atoms with E-state index in [1.807, 2.05) is 36.4 Å². The maximum atomic E-state index is 5.40. The molecule has 0 aliphatic carbocycles. The van der Waals surface area contributed by atoms with Crippen molar-refractivity contribution in [3.63, 3.8) is 0 Å². The van der Waals surface area contributed by atoms with Gasteiger partial charge < -0.3 is 14.4 Å². The summed E-state index contributed by atoms with van der Waals surface area (Å²) in [6.45, 7) is 6.88. The van der Waals surface area contributed by atoms with E-state index in [-0.39, 0.29) is 12.1 Å². The van der Waals surface area contributed by atoms with E-state index in [1.165, 1.54) is 44.1 Å². The summed E-state index contributed by atoms with van der Waals surface area (Å²) >= 11 is 0. The standard InChI is InChI=1S/C73H53BN6/c1-73(2,3)53-42-43-63-59(47-53)57-34-16-19-39-62(57)80(63)69-56(35-23-36-58(69)72-76-70(48-24-8-4-9-25-48)75-71(77-72)49-26-10-5-11-27-49)51-29-22-28-50(44-51)52-45-66-68-67(46-52)79(55-32-14-7-15-33-55)65-41-21-18-38-61(65)74(68)60-37-17-20-40-64(60)78(66)54-30-12-6-13-31-54/h4-47H,1-3H3. The molecule has 0 saturated heterocycles. The van der Waals surface area contributed by atoms with Crippen LogP contribution in [-0.2, 0) is 5.41 Å². The van der Waals surface area contributed by atoms with Gasteiger partial charge in [-0.3, -0.25) is 0 Å². The number of nitrogens with zero attached hydrogens (tertiary/aromatic N) is 6. The van der Waals surface area contributed by atoms with Gasteiger partial charge in [0.2, 0.25) is 0 Å². The fourth-order valence-electron chi connectivity index (χ4n) is 12.4. The van der Waals surface area contributed by atoms with Gasteiger partial charge in [-0.25, -0.2) is 15.0 Å². The number of hydrogen-bond acceptors (Lipinski definition) is 5. The average Bonchev–Trinajstić information content (AvgIpc) is 3.60. The Kier molecular flexibility index (Phi) is 11.1. The molecule has 0 atom stereocenters. The predicted octanol–water partition coefficient (Wildman–Crippen LogP) is 16.7. The smallest absolute Gasteiger partial charge is 0.252 e. The van der Waals surface area contributed by atoms with Gasteiger partial charge in [-0.15, -0.1) is 0 Å². The molecule has 0 bridgehead atoms.